The summed E-state index contributed by atoms with van der Waals surface area (Å²) in [6.45, 7) is 13.6. The molecule has 6 aliphatic rings. The molecule has 6 rings (SSSR count). The number of carbonyl (C=O) groups excluding carboxylic acids is 1. The van der Waals surface area contributed by atoms with Gasteiger partial charge in [0.25, 0.3) is 0 Å². The normalized spacial score (nSPS) is 49.6. The van der Waals surface area contributed by atoms with E-state index >= 15 is 0 Å². The molecule has 4 nitrogen and oxygen atoms in total. The highest BCUT2D eigenvalue weighted by atomic mass is 16.7. The fraction of sp³-hybridized carbons (Fsp3) is 0.912. The maximum Gasteiger partial charge on any atom is 0.305 e. The van der Waals surface area contributed by atoms with E-state index in [-0.39, 0.29) is 11.8 Å². The SMILES string of the molecule is CCCCCC(=O)OC[C@H]1CC[C@@]2(C)C(=CC[C@H]3[C@@H]4C[C@@H]5O[C@@]6(CC[C@H](C)CO6)[C@@H](C)[C@@H]5[C@@]4(C)CC[C@@H]32)C1. The van der Waals surface area contributed by atoms with Gasteiger partial charge in [-0.15, -0.1) is 0 Å². The standard InChI is InChI=1S/C34H54O4/c1-6-7-8-9-30(35)36-21-24-13-15-32(4)25(18-24)10-11-26-27(32)14-16-33(5)28(26)19-29-31(33)23(3)34(38-29)17-12-22(2)20-37-34/h10,22-24,26-29,31H,6-9,11-21H2,1-5H3/t22-,23-,24-,26+,27-,28-,29-,31-,32-,33-,34-/m0/s1. The van der Waals surface area contributed by atoms with Crippen LogP contribution in [0.5, 0.6) is 0 Å². The van der Waals surface area contributed by atoms with Gasteiger partial charge in [-0.2, -0.15) is 0 Å². The Labute approximate surface area is 232 Å². The van der Waals surface area contributed by atoms with Gasteiger partial charge in [0.15, 0.2) is 5.79 Å². The van der Waals surface area contributed by atoms with Gasteiger partial charge < -0.3 is 14.2 Å². The molecule has 2 saturated heterocycles. The molecule has 0 aromatic rings. The van der Waals surface area contributed by atoms with Gasteiger partial charge in [0, 0.05) is 18.8 Å². The van der Waals surface area contributed by atoms with Gasteiger partial charge in [0.2, 0.25) is 0 Å². The number of fused-ring (bicyclic) bond motifs is 7. The minimum atomic E-state index is -0.309. The highest BCUT2D eigenvalue weighted by Gasteiger charge is 2.68. The van der Waals surface area contributed by atoms with Gasteiger partial charge in [-0.1, -0.05) is 59.1 Å². The van der Waals surface area contributed by atoms with E-state index in [9.17, 15) is 4.79 Å². The zero-order chi connectivity index (χ0) is 26.7. The maximum absolute atomic E-state index is 12.2. The van der Waals surface area contributed by atoms with Crippen molar-refractivity contribution in [2.75, 3.05) is 13.2 Å². The fourth-order valence-corrected chi connectivity index (χ4v) is 10.7. The van der Waals surface area contributed by atoms with E-state index in [0.29, 0.717) is 53.6 Å². The van der Waals surface area contributed by atoms with Crippen LogP contribution in [0, 0.1) is 52.3 Å². The van der Waals surface area contributed by atoms with E-state index < -0.39 is 0 Å². The largest absolute Gasteiger partial charge is 0.465 e. The van der Waals surface area contributed by atoms with Gasteiger partial charge in [0.05, 0.1) is 19.3 Å². The van der Waals surface area contributed by atoms with Gasteiger partial charge in [-0.3, -0.25) is 4.79 Å². The average Bonchev–Trinajstić information content (AvgIpc) is 3.34. The summed E-state index contributed by atoms with van der Waals surface area (Å²) in [5.41, 5.74) is 2.40. The number of esters is 1. The molecule has 214 valence electrons. The van der Waals surface area contributed by atoms with E-state index in [1.165, 1.54) is 44.9 Å². The molecule has 5 fully saturated rings. The summed E-state index contributed by atoms with van der Waals surface area (Å²) >= 11 is 0. The minimum absolute atomic E-state index is 0.00851. The van der Waals surface area contributed by atoms with Crippen LogP contribution in [-0.4, -0.2) is 31.1 Å². The molecule has 0 aromatic heterocycles. The zero-order valence-electron chi connectivity index (χ0n) is 24.9. The summed E-state index contributed by atoms with van der Waals surface area (Å²) in [6.07, 6.45) is 17.9. The minimum Gasteiger partial charge on any atom is -0.465 e. The van der Waals surface area contributed by atoms with Crippen LogP contribution in [-0.2, 0) is 19.0 Å². The number of hydrogen-bond acceptors (Lipinski definition) is 4. The fourth-order valence-electron chi connectivity index (χ4n) is 10.7. The lowest BCUT2D eigenvalue weighted by atomic mass is 9.46. The molecule has 0 aromatic carbocycles. The molecule has 0 N–H and O–H groups in total. The Morgan fingerprint density at radius 1 is 1.08 bits per heavy atom. The summed E-state index contributed by atoms with van der Waals surface area (Å²) in [4.78, 5) is 12.2. The van der Waals surface area contributed by atoms with Crippen molar-refractivity contribution < 1.29 is 19.0 Å². The van der Waals surface area contributed by atoms with Crippen molar-refractivity contribution in [1.29, 1.82) is 0 Å². The second-order valence-electron chi connectivity index (χ2n) is 15.0. The smallest absolute Gasteiger partial charge is 0.305 e. The van der Waals surface area contributed by atoms with Crippen molar-refractivity contribution in [3.05, 3.63) is 11.6 Å². The lowest BCUT2D eigenvalue weighted by Gasteiger charge is -2.58. The lowest BCUT2D eigenvalue weighted by molar-refractivity contribution is -0.272. The molecular formula is C34H54O4. The number of carbonyl (C=O) groups is 1. The molecule has 2 aliphatic heterocycles. The van der Waals surface area contributed by atoms with Crippen LogP contribution >= 0.6 is 0 Å². The Morgan fingerprint density at radius 3 is 2.68 bits per heavy atom. The number of unbranched alkanes of at least 4 members (excludes halogenated alkanes) is 2. The Morgan fingerprint density at radius 2 is 1.92 bits per heavy atom. The van der Waals surface area contributed by atoms with Gasteiger partial charge >= 0.3 is 5.97 Å². The van der Waals surface area contributed by atoms with Crippen LogP contribution in [0.4, 0.5) is 0 Å². The molecule has 0 bridgehead atoms. The van der Waals surface area contributed by atoms with E-state index in [2.05, 4.69) is 40.7 Å². The Kier molecular flexibility index (Phi) is 7.33. The van der Waals surface area contributed by atoms with E-state index in [1.54, 1.807) is 5.57 Å². The number of rotatable bonds is 6. The molecule has 0 amide bonds. The predicted octanol–water partition coefficient (Wildman–Crippen LogP) is 8.09. The monoisotopic (exact) mass is 526 g/mol. The van der Waals surface area contributed by atoms with Crippen LogP contribution < -0.4 is 0 Å². The second kappa shape index (κ2) is 10.2. The van der Waals surface area contributed by atoms with Crippen LogP contribution in [0.2, 0.25) is 0 Å². The van der Waals surface area contributed by atoms with Crippen molar-refractivity contribution in [2.45, 2.75) is 130 Å². The highest BCUT2D eigenvalue weighted by Crippen LogP contribution is 2.70. The average molecular weight is 527 g/mol. The first-order valence-corrected chi connectivity index (χ1v) is 16.4. The molecule has 38 heavy (non-hydrogen) atoms. The Hall–Kier alpha value is -0.870. The number of hydrogen-bond donors (Lipinski definition) is 0. The van der Waals surface area contributed by atoms with Gasteiger partial charge in [-0.25, -0.2) is 0 Å². The quantitative estimate of drug-likeness (QED) is 0.199. The molecule has 1 spiro atoms. The second-order valence-corrected chi connectivity index (χ2v) is 15.0. The molecular weight excluding hydrogens is 472 g/mol. The van der Waals surface area contributed by atoms with Gasteiger partial charge in [-0.05, 0) is 104 Å². The van der Waals surface area contributed by atoms with Gasteiger partial charge in [0.1, 0.15) is 0 Å². The first-order chi connectivity index (χ1) is 18.2. The summed E-state index contributed by atoms with van der Waals surface area (Å²) in [7, 11) is 0. The molecule has 0 unspecified atom stereocenters. The van der Waals surface area contributed by atoms with Crippen molar-refractivity contribution in [3.8, 4) is 0 Å². The third-order valence-corrected chi connectivity index (χ3v) is 12.9. The Bertz CT molecular complexity index is 917. The maximum atomic E-state index is 12.2. The molecule has 4 heteroatoms. The first-order valence-electron chi connectivity index (χ1n) is 16.4. The molecule has 0 radical (unpaired) electrons. The van der Waals surface area contributed by atoms with Crippen LogP contribution in [0.1, 0.15) is 118 Å². The first kappa shape index (κ1) is 27.3. The van der Waals surface area contributed by atoms with Crippen molar-refractivity contribution in [2.24, 2.45) is 52.3 Å². The van der Waals surface area contributed by atoms with E-state index in [0.717, 1.165) is 56.5 Å². The molecule has 4 aliphatic carbocycles. The summed E-state index contributed by atoms with van der Waals surface area (Å²) < 4.78 is 19.2. The van der Waals surface area contributed by atoms with Crippen molar-refractivity contribution in [1.82, 2.24) is 0 Å². The third kappa shape index (κ3) is 4.34. The summed E-state index contributed by atoms with van der Waals surface area (Å²) in [5, 5.41) is 0. The molecule has 2 heterocycles. The number of allylic oxidation sites excluding steroid dienone is 2. The molecule has 3 saturated carbocycles. The van der Waals surface area contributed by atoms with E-state index in [4.69, 9.17) is 14.2 Å². The van der Waals surface area contributed by atoms with E-state index in [1.807, 2.05) is 0 Å². The van der Waals surface area contributed by atoms with Crippen LogP contribution in [0.3, 0.4) is 0 Å². The summed E-state index contributed by atoms with van der Waals surface area (Å²) in [5.74, 6) is 4.37. The Balaban J connectivity index is 1.12. The summed E-state index contributed by atoms with van der Waals surface area (Å²) in [6, 6.07) is 0. The third-order valence-electron chi connectivity index (χ3n) is 12.9. The lowest BCUT2D eigenvalue weighted by Crippen LogP contribution is -2.52. The highest BCUT2D eigenvalue weighted by molar-refractivity contribution is 5.69. The van der Waals surface area contributed by atoms with Crippen LogP contribution in [0.15, 0.2) is 11.6 Å². The van der Waals surface area contributed by atoms with Crippen molar-refractivity contribution in [3.63, 3.8) is 0 Å². The number of ether oxygens (including phenoxy) is 3. The predicted molar refractivity (Wildman–Crippen MR) is 150 cm³/mol. The topological polar surface area (TPSA) is 44.8 Å². The zero-order valence-corrected chi connectivity index (χ0v) is 24.9. The van der Waals surface area contributed by atoms with Crippen LogP contribution in [0.25, 0.3) is 0 Å². The molecule has 11 atom stereocenters. The van der Waals surface area contributed by atoms with Crippen molar-refractivity contribution >= 4 is 5.97 Å².